The minimum absolute atomic E-state index is 0.0314. The van der Waals surface area contributed by atoms with Gasteiger partial charge in [-0.2, -0.15) is 5.10 Å². The van der Waals surface area contributed by atoms with E-state index in [0.717, 1.165) is 41.9 Å². The lowest BCUT2D eigenvalue weighted by molar-refractivity contribution is -0.121. The van der Waals surface area contributed by atoms with Crippen molar-refractivity contribution in [3.05, 3.63) is 70.1 Å². The predicted octanol–water partition coefficient (Wildman–Crippen LogP) is 4.37. The van der Waals surface area contributed by atoms with Crippen molar-refractivity contribution in [3.8, 4) is 5.75 Å². The summed E-state index contributed by atoms with van der Waals surface area (Å²) in [5, 5.41) is 11.5. The molecule has 1 aliphatic rings. The molecule has 1 atom stereocenters. The van der Waals surface area contributed by atoms with Gasteiger partial charge in [0.15, 0.2) is 5.82 Å². The van der Waals surface area contributed by atoms with Crippen LogP contribution in [0.25, 0.3) is 10.9 Å². The molecule has 4 aromatic rings. The SMILES string of the molecule is COc1cccc2c1c(NS(=O)(=O)c1ccc(Cl)s1)nn2Cc1cccc(CNC(=O)CC2CCCN2)c1. The summed E-state index contributed by atoms with van der Waals surface area (Å²) in [4.78, 5) is 12.3. The maximum atomic E-state index is 13.0. The smallest absolute Gasteiger partial charge is 0.272 e. The zero-order valence-electron chi connectivity index (χ0n) is 20.7. The Labute approximate surface area is 230 Å². The van der Waals surface area contributed by atoms with Gasteiger partial charge in [0.1, 0.15) is 9.96 Å². The number of nitrogens with one attached hydrogen (secondary N) is 3. The van der Waals surface area contributed by atoms with Crippen molar-refractivity contribution < 1.29 is 17.9 Å². The molecule has 1 saturated heterocycles. The number of halogens is 1. The third-order valence-electron chi connectivity index (χ3n) is 6.41. The highest BCUT2D eigenvalue weighted by Gasteiger charge is 2.23. The van der Waals surface area contributed by atoms with Crippen LogP contribution in [0.4, 0.5) is 5.82 Å². The Bertz CT molecular complexity index is 1560. The van der Waals surface area contributed by atoms with Gasteiger partial charge in [-0.15, -0.1) is 11.3 Å². The molecule has 1 aliphatic heterocycles. The fourth-order valence-corrected chi connectivity index (χ4v) is 7.11. The van der Waals surface area contributed by atoms with E-state index in [1.54, 1.807) is 16.8 Å². The van der Waals surface area contributed by atoms with Gasteiger partial charge >= 0.3 is 0 Å². The number of nitrogens with zero attached hydrogens (tertiary/aromatic N) is 2. The molecule has 9 nitrogen and oxygen atoms in total. The number of thiophene rings is 1. The van der Waals surface area contributed by atoms with Crippen molar-refractivity contribution in [3.63, 3.8) is 0 Å². The van der Waals surface area contributed by atoms with Gasteiger partial charge in [-0.3, -0.25) is 14.2 Å². The number of benzene rings is 2. The second kappa shape index (κ2) is 11.3. The molecule has 0 aliphatic carbocycles. The van der Waals surface area contributed by atoms with Crippen LogP contribution in [0.3, 0.4) is 0 Å². The van der Waals surface area contributed by atoms with Crippen molar-refractivity contribution in [1.82, 2.24) is 20.4 Å². The van der Waals surface area contributed by atoms with Crippen molar-refractivity contribution in [1.29, 1.82) is 0 Å². The zero-order valence-corrected chi connectivity index (χ0v) is 23.1. The van der Waals surface area contributed by atoms with Crippen LogP contribution in [-0.4, -0.2) is 43.8 Å². The van der Waals surface area contributed by atoms with Crippen molar-refractivity contribution >= 4 is 55.6 Å². The highest BCUT2D eigenvalue weighted by Crippen LogP contribution is 2.35. The standard InChI is InChI=1S/C26H28ClN5O4S2/c1-36-21-9-3-8-20-25(21)26(31-38(34,35)24-11-10-22(27)37-24)30-32(20)16-18-6-2-5-17(13-18)15-29-23(33)14-19-7-4-12-28-19/h2-3,5-6,8-11,13,19,28H,4,7,12,14-16H2,1H3,(H,29,33)(H,30,31). The van der Waals surface area contributed by atoms with Crippen LogP contribution in [0.15, 0.2) is 58.8 Å². The molecule has 3 heterocycles. The zero-order chi connectivity index (χ0) is 26.7. The molecule has 0 bridgehead atoms. The molecule has 1 fully saturated rings. The van der Waals surface area contributed by atoms with Gasteiger partial charge in [0, 0.05) is 19.0 Å². The van der Waals surface area contributed by atoms with E-state index in [-0.39, 0.29) is 22.0 Å². The van der Waals surface area contributed by atoms with E-state index in [1.165, 1.54) is 13.2 Å². The normalized spacial score (nSPS) is 15.6. The number of hydrogen-bond acceptors (Lipinski definition) is 7. The summed E-state index contributed by atoms with van der Waals surface area (Å²) < 4.78 is 36.4. The molecule has 200 valence electrons. The maximum Gasteiger partial charge on any atom is 0.272 e. The van der Waals surface area contributed by atoms with E-state index >= 15 is 0 Å². The van der Waals surface area contributed by atoms with Gasteiger partial charge in [-0.05, 0) is 54.8 Å². The van der Waals surface area contributed by atoms with E-state index in [4.69, 9.17) is 16.3 Å². The first-order valence-corrected chi connectivity index (χ1v) is 14.9. The average Bonchev–Trinajstić information content (AvgIpc) is 3.65. The van der Waals surface area contributed by atoms with E-state index in [2.05, 4.69) is 20.5 Å². The van der Waals surface area contributed by atoms with Gasteiger partial charge in [-0.25, -0.2) is 8.42 Å². The maximum absolute atomic E-state index is 13.0. The van der Waals surface area contributed by atoms with Gasteiger partial charge in [0.05, 0.1) is 28.9 Å². The molecule has 0 saturated carbocycles. The third-order valence-corrected chi connectivity index (χ3v) is 9.47. The van der Waals surface area contributed by atoms with E-state index < -0.39 is 10.0 Å². The Kier molecular flexibility index (Phi) is 7.89. The van der Waals surface area contributed by atoms with Gasteiger partial charge in [0.25, 0.3) is 10.0 Å². The van der Waals surface area contributed by atoms with Crippen LogP contribution in [0.1, 0.15) is 30.4 Å². The second-order valence-electron chi connectivity index (χ2n) is 9.12. The van der Waals surface area contributed by atoms with Crippen LogP contribution < -0.4 is 20.1 Å². The van der Waals surface area contributed by atoms with Crippen LogP contribution in [-0.2, 0) is 27.9 Å². The first-order valence-electron chi connectivity index (χ1n) is 12.2. The lowest BCUT2D eigenvalue weighted by atomic mass is 10.1. The summed E-state index contributed by atoms with van der Waals surface area (Å²) in [5.41, 5.74) is 2.65. The Morgan fingerprint density at radius 2 is 2.03 bits per heavy atom. The molecule has 5 rings (SSSR count). The summed E-state index contributed by atoms with van der Waals surface area (Å²) in [7, 11) is -2.36. The number of hydrogen-bond donors (Lipinski definition) is 3. The molecule has 38 heavy (non-hydrogen) atoms. The molecule has 0 radical (unpaired) electrons. The lowest BCUT2D eigenvalue weighted by Crippen LogP contribution is -2.31. The summed E-state index contributed by atoms with van der Waals surface area (Å²) in [5.74, 6) is 0.707. The number of anilines is 1. The first-order chi connectivity index (χ1) is 18.3. The number of amides is 1. The number of aromatic nitrogens is 2. The number of carbonyl (C=O) groups is 1. The molecule has 1 unspecified atom stereocenters. The Morgan fingerprint density at radius 1 is 1.21 bits per heavy atom. The van der Waals surface area contributed by atoms with Crippen molar-refractivity contribution in [2.24, 2.45) is 0 Å². The molecule has 1 amide bonds. The Balaban J connectivity index is 1.37. The fraction of sp³-hybridized carbons (Fsp3) is 0.308. The number of carbonyl (C=O) groups excluding carboxylic acids is 1. The topological polar surface area (TPSA) is 114 Å². The Morgan fingerprint density at radius 3 is 2.76 bits per heavy atom. The predicted molar refractivity (Wildman–Crippen MR) is 149 cm³/mol. The summed E-state index contributed by atoms with van der Waals surface area (Å²) in [6, 6.07) is 16.6. The molecule has 3 N–H and O–H groups in total. The number of fused-ring (bicyclic) bond motifs is 1. The van der Waals surface area contributed by atoms with Crippen LogP contribution in [0.2, 0.25) is 4.34 Å². The highest BCUT2D eigenvalue weighted by molar-refractivity contribution is 7.94. The quantitative estimate of drug-likeness (QED) is 0.260. The van der Waals surface area contributed by atoms with E-state index in [9.17, 15) is 13.2 Å². The van der Waals surface area contributed by atoms with Crippen molar-refractivity contribution in [2.45, 2.75) is 42.6 Å². The van der Waals surface area contributed by atoms with E-state index in [1.807, 2.05) is 36.4 Å². The number of methoxy groups -OCH3 is 1. The number of sulfonamides is 1. The largest absolute Gasteiger partial charge is 0.496 e. The minimum Gasteiger partial charge on any atom is -0.496 e. The molecular weight excluding hydrogens is 546 g/mol. The average molecular weight is 574 g/mol. The molecular formula is C26H28ClN5O4S2. The third kappa shape index (κ3) is 5.96. The van der Waals surface area contributed by atoms with Crippen LogP contribution in [0, 0.1) is 0 Å². The minimum atomic E-state index is -3.89. The summed E-state index contributed by atoms with van der Waals surface area (Å²) >= 11 is 6.93. The number of ether oxygens (including phenoxy) is 1. The summed E-state index contributed by atoms with van der Waals surface area (Å²) in [6.07, 6.45) is 2.63. The molecule has 12 heteroatoms. The van der Waals surface area contributed by atoms with Gasteiger partial charge < -0.3 is 15.4 Å². The second-order valence-corrected chi connectivity index (χ2v) is 12.7. The summed E-state index contributed by atoms with van der Waals surface area (Å²) in [6.45, 7) is 1.80. The highest BCUT2D eigenvalue weighted by atomic mass is 35.5. The van der Waals surface area contributed by atoms with Crippen LogP contribution in [0.5, 0.6) is 5.75 Å². The Hall–Kier alpha value is -3.12. The van der Waals surface area contributed by atoms with E-state index in [0.29, 0.717) is 40.5 Å². The molecule has 2 aromatic heterocycles. The monoisotopic (exact) mass is 573 g/mol. The van der Waals surface area contributed by atoms with Gasteiger partial charge in [0.2, 0.25) is 5.91 Å². The lowest BCUT2D eigenvalue weighted by Gasteiger charge is -2.11. The fourth-order valence-electron chi connectivity index (χ4n) is 4.62. The van der Waals surface area contributed by atoms with Gasteiger partial charge in [-0.1, -0.05) is 41.9 Å². The van der Waals surface area contributed by atoms with Crippen molar-refractivity contribution in [2.75, 3.05) is 18.4 Å². The molecule has 2 aromatic carbocycles. The molecule has 0 spiro atoms. The number of rotatable bonds is 10. The van der Waals surface area contributed by atoms with Crippen LogP contribution >= 0.6 is 22.9 Å². The first kappa shape index (κ1) is 26.5.